The summed E-state index contributed by atoms with van der Waals surface area (Å²) < 4.78 is 12.1. The maximum Gasteiger partial charge on any atom is 0.409 e. The quantitative estimate of drug-likeness (QED) is 0.343. The number of anilines is 2. The summed E-state index contributed by atoms with van der Waals surface area (Å²) in [5, 5.41) is 7.05. The van der Waals surface area contributed by atoms with Gasteiger partial charge in [0.25, 0.3) is 0 Å². The molecule has 0 bridgehead atoms. The predicted molar refractivity (Wildman–Crippen MR) is 144 cm³/mol. The Bertz CT molecular complexity index is 1480. The number of hydrogen-bond donors (Lipinski definition) is 2. The Morgan fingerprint density at radius 3 is 2.89 bits per heavy atom. The van der Waals surface area contributed by atoms with Gasteiger partial charge in [0.2, 0.25) is 5.88 Å². The van der Waals surface area contributed by atoms with Crippen molar-refractivity contribution in [2.24, 2.45) is 0 Å². The van der Waals surface area contributed by atoms with Gasteiger partial charge in [0.05, 0.1) is 26.2 Å². The zero-order valence-electron chi connectivity index (χ0n) is 20.1. The van der Waals surface area contributed by atoms with Crippen molar-refractivity contribution in [3.8, 4) is 23.5 Å². The molecule has 4 aromatic rings. The van der Waals surface area contributed by atoms with Crippen LogP contribution in [-0.2, 0) is 4.74 Å². The lowest BCUT2D eigenvalue weighted by molar-refractivity contribution is 0.0826. The molecule has 11 heteroatoms. The van der Waals surface area contributed by atoms with Crippen LogP contribution >= 0.6 is 22.9 Å². The fourth-order valence-electron chi connectivity index (χ4n) is 3.63. The van der Waals surface area contributed by atoms with Crippen molar-refractivity contribution in [3.05, 3.63) is 64.9 Å². The van der Waals surface area contributed by atoms with Crippen molar-refractivity contribution in [2.45, 2.75) is 18.6 Å². The second-order valence-electron chi connectivity index (χ2n) is 8.45. The van der Waals surface area contributed by atoms with Crippen LogP contribution in [0, 0.1) is 11.8 Å². The number of pyridine rings is 1. The van der Waals surface area contributed by atoms with E-state index in [1.54, 1.807) is 38.5 Å². The first kappa shape index (κ1) is 24.8. The predicted octanol–water partition coefficient (Wildman–Crippen LogP) is 5.06. The molecule has 37 heavy (non-hydrogen) atoms. The van der Waals surface area contributed by atoms with Crippen molar-refractivity contribution in [1.29, 1.82) is 0 Å². The summed E-state index contributed by atoms with van der Waals surface area (Å²) in [6.45, 7) is 0.582. The number of fused-ring (bicyclic) bond motifs is 1. The fourth-order valence-corrected chi connectivity index (χ4v) is 4.77. The number of benzene rings is 1. The first-order chi connectivity index (χ1) is 17.9. The van der Waals surface area contributed by atoms with E-state index in [9.17, 15) is 4.79 Å². The Morgan fingerprint density at radius 1 is 1.22 bits per heavy atom. The number of halogens is 1. The average Bonchev–Trinajstić information content (AvgIpc) is 3.52. The van der Waals surface area contributed by atoms with Crippen LogP contribution in [0.3, 0.4) is 0 Å². The molecule has 2 atom stereocenters. The summed E-state index contributed by atoms with van der Waals surface area (Å²) in [5.74, 6) is 8.08. The summed E-state index contributed by atoms with van der Waals surface area (Å²) in [4.78, 5) is 27.0. The van der Waals surface area contributed by atoms with E-state index in [-0.39, 0.29) is 18.2 Å². The van der Waals surface area contributed by atoms with Gasteiger partial charge in [-0.3, -0.25) is 5.32 Å². The van der Waals surface area contributed by atoms with Gasteiger partial charge < -0.3 is 19.7 Å². The summed E-state index contributed by atoms with van der Waals surface area (Å²) in [6.07, 6.45) is 3.27. The van der Waals surface area contributed by atoms with E-state index in [1.807, 2.05) is 24.3 Å². The number of nitrogens with zero attached hydrogens (tertiary/aromatic N) is 4. The van der Waals surface area contributed by atoms with Gasteiger partial charge >= 0.3 is 6.09 Å². The first-order valence-electron chi connectivity index (χ1n) is 11.5. The highest BCUT2D eigenvalue weighted by atomic mass is 35.5. The third-order valence-corrected chi connectivity index (χ3v) is 6.79. The van der Waals surface area contributed by atoms with Crippen molar-refractivity contribution in [2.75, 3.05) is 26.0 Å². The molecule has 1 fully saturated rings. The molecule has 1 amide bonds. The van der Waals surface area contributed by atoms with Crippen LogP contribution in [0.1, 0.15) is 11.3 Å². The number of hydrogen-bond acceptors (Lipinski definition) is 9. The van der Waals surface area contributed by atoms with Gasteiger partial charge in [0.1, 0.15) is 18.2 Å². The Kier molecular flexibility index (Phi) is 7.37. The minimum Gasteiger partial charge on any atom is -0.445 e. The third-order valence-electron chi connectivity index (χ3n) is 5.45. The van der Waals surface area contributed by atoms with E-state index >= 15 is 0 Å². The van der Waals surface area contributed by atoms with Crippen LogP contribution < -0.4 is 15.4 Å². The van der Waals surface area contributed by atoms with E-state index < -0.39 is 0 Å². The molecule has 1 aromatic carbocycles. The molecule has 0 aliphatic carbocycles. The van der Waals surface area contributed by atoms with Gasteiger partial charge in [0.15, 0.2) is 5.82 Å². The standard InChI is InChI=1S/C26H23ClN6O3S/c1-33(2)26(34)35-18-11-16(29-14-18)6-8-19-13-21-24(37-19)25(31-15-30-21)32-17-7-9-22(20(27)12-17)36-23-5-3-4-10-28-23/h3-5,7,9-10,12-13,15-16,18,29H,11,14H2,1-2H3,(H,30,31,32)/t16-,18+/m0/s1. The number of rotatable bonds is 5. The monoisotopic (exact) mass is 534 g/mol. The number of carbonyl (C=O) groups excluding carboxylic acids is 1. The zero-order chi connectivity index (χ0) is 25.8. The minimum atomic E-state index is -0.347. The second kappa shape index (κ2) is 11.0. The van der Waals surface area contributed by atoms with Gasteiger partial charge in [0, 0.05) is 45.0 Å². The SMILES string of the molecule is CN(C)C(=O)O[C@H]1CN[C@@H](C#Cc2cc3ncnc(Nc4ccc(Oc5ccccn5)c(Cl)c4)c3s2)C1. The Balaban J connectivity index is 1.27. The molecule has 9 nitrogen and oxygen atoms in total. The number of carbonyl (C=O) groups is 1. The number of aromatic nitrogens is 3. The van der Waals surface area contributed by atoms with Crippen molar-refractivity contribution >= 4 is 50.8 Å². The largest absolute Gasteiger partial charge is 0.445 e. The number of nitrogens with one attached hydrogen (secondary N) is 2. The van der Waals surface area contributed by atoms with Crippen LogP contribution in [0.2, 0.25) is 5.02 Å². The molecule has 3 aromatic heterocycles. The summed E-state index contributed by atoms with van der Waals surface area (Å²) >= 11 is 7.95. The average molecular weight is 535 g/mol. The van der Waals surface area contributed by atoms with Crippen LogP contribution in [0.4, 0.5) is 16.3 Å². The molecular weight excluding hydrogens is 512 g/mol. The molecule has 1 saturated heterocycles. The lowest BCUT2D eigenvalue weighted by Gasteiger charge is -2.15. The maximum atomic E-state index is 11.8. The third kappa shape index (κ3) is 6.09. The number of thiophene rings is 1. The van der Waals surface area contributed by atoms with E-state index in [1.165, 1.54) is 22.6 Å². The highest BCUT2D eigenvalue weighted by Gasteiger charge is 2.26. The zero-order valence-corrected chi connectivity index (χ0v) is 21.6. The lowest BCUT2D eigenvalue weighted by Crippen LogP contribution is -2.29. The molecule has 0 unspecified atom stereocenters. The maximum absolute atomic E-state index is 11.8. The van der Waals surface area contributed by atoms with E-state index in [0.717, 1.165) is 20.8 Å². The Labute approximate surface area is 222 Å². The van der Waals surface area contributed by atoms with Gasteiger partial charge in [-0.2, -0.15) is 0 Å². The smallest absolute Gasteiger partial charge is 0.409 e. The van der Waals surface area contributed by atoms with Gasteiger partial charge in [-0.05, 0) is 30.3 Å². The van der Waals surface area contributed by atoms with Gasteiger partial charge in [-0.1, -0.05) is 29.5 Å². The number of amides is 1. The van der Waals surface area contributed by atoms with Crippen molar-refractivity contribution in [3.63, 3.8) is 0 Å². The van der Waals surface area contributed by atoms with E-state index in [2.05, 4.69) is 37.4 Å². The molecule has 5 rings (SSSR count). The van der Waals surface area contributed by atoms with Crippen LogP contribution in [0.15, 0.2) is 55.0 Å². The molecule has 0 spiro atoms. The summed E-state index contributed by atoms with van der Waals surface area (Å²) in [6, 6.07) is 12.7. The van der Waals surface area contributed by atoms with E-state index in [0.29, 0.717) is 35.4 Å². The molecule has 0 radical (unpaired) electrons. The fraction of sp³-hybridized carbons (Fsp3) is 0.231. The second-order valence-corrected chi connectivity index (χ2v) is 9.91. The molecule has 4 heterocycles. The summed E-state index contributed by atoms with van der Waals surface area (Å²) in [7, 11) is 3.33. The lowest BCUT2D eigenvalue weighted by atomic mass is 10.2. The number of ether oxygens (including phenoxy) is 2. The molecule has 0 saturated carbocycles. The van der Waals surface area contributed by atoms with E-state index in [4.69, 9.17) is 21.1 Å². The van der Waals surface area contributed by atoms with Crippen LogP contribution in [0.5, 0.6) is 11.6 Å². The highest BCUT2D eigenvalue weighted by molar-refractivity contribution is 7.20. The topological polar surface area (TPSA) is 102 Å². The van der Waals surface area contributed by atoms with Gasteiger partial charge in [-0.15, -0.1) is 11.3 Å². The molecular formula is C26H23ClN6O3S. The van der Waals surface area contributed by atoms with Crippen molar-refractivity contribution in [1.82, 2.24) is 25.2 Å². The van der Waals surface area contributed by atoms with Crippen LogP contribution in [0.25, 0.3) is 10.2 Å². The van der Waals surface area contributed by atoms with Crippen LogP contribution in [-0.4, -0.2) is 58.7 Å². The molecule has 1 aliphatic heterocycles. The Morgan fingerprint density at radius 2 is 2.11 bits per heavy atom. The van der Waals surface area contributed by atoms with Gasteiger partial charge in [-0.25, -0.2) is 19.7 Å². The normalized spacial score (nSPS) is 16.6. The molecule has 188 valence electrons. The highest BCUT2D eigenvalue weighted by Crippen LogP contribution is 2.34. The van der Waals surface area contributed by atoms with Crippen molar-refractivity contribution < 1.29 is 14.3 Å². The summed E-state index contributed by atoms with van der Waals surface area (Å²) in [5.41, 5.74) is 1.55. The molecule has 2 N–H and O–H groups in total. The Hall–Kier alpha value is -3.91. The minimum absolute atomic E-state index is 0.0529. The molecule has 1 aliphatic rings. The first-order valence-corrected chi connectivity index (χ1v) is 12.7.